The van der Waals surface area contributed by atoms with Gasteiger partial charge in [-0.25, -0.2) is 4.79 Å². The van der Waals surface area contributed by atoms with Gasteiger partial charge >= 0.3 is 17.9 Å². The Labute approximate surface area is 468 Å². The highest BCUT2D eigenvalue weighted by atomic mass is 16.4. The second-order valence-corrected chi connectivity index (χ2v) is 20.1. The second kappa shape index (κ2) is 36.6. The monoisotopic (exact) mass is 1160 g/mol. The summed E-state index contributed by atoms with van der Waals surface area (Å²) in [6, 6.07) is -15.5. The number of aliphatic hydroxyl groups is 1. The van der Waals surface area contributed by atoms with Gasteiger partial charge in [0.15, 0.2) is 0 Å². The molecule has 22 N–H and O–H groups in total. The first-order valence-electron chi connectivity index (χ1n) is 26.8. The number of amides is 11. The van der Waals surface area contributed by atoms with E-state index in [9.17, 15) is 87.5 Å². The summed E-state index contributed by atoms with van der Waals surface area (Å²) in [5.41, 5.74) is 27.4. The van der Waals surface area contributed by atoms with Crippen LogP contribution in [0.4, 0.5) is 0 Å². The number of likely N-dealkylation sites (tertiary alicyclic amines) is 1. The van der Waals surface area contributed by atoms with Gasteiger partial charge in [-0.2, -0.15) is 0 Å². The van der Waals surface area contributed by atoms with Crippen LogP contribution in [0.2, 0.25) is 0 Å². The van der Waals surface area contributed by atoms with Crippen molar-refractivity contribution >= 4 is 82.9 Å². The van der Waals surface area contributed by atoms with Crippen LogP contribution in [-0.4, -0.2) is 195 Å². The normalized spacial score (nSPS) is 16.7. The largest absolute Gasteiger partial charge is 0.481 e. The number of carboxylic acids is 3. The van der Waals surface area contributed by atoms with Crippen molar-refractivity contribution in [3.05, 3.63) is 0 Å². The number of rotatable bonds is 40. The van der Waals surface area contributed by atoms with Gasteiger partial charge in [0, 0.05) is 19.4 Å². The Morgan fingerprint density at radius 1 is 0.531 bits per heavy atom. The molecule has 0 aromatic heterocycles. The number of nitrogens with zero attached hydrogens (tertiary/aromatic N) is 1. The summed E-state index contributed by atoms with van der Waals surface area (Å²) in [5.74, 6) is -16.9. The number of aliphatic hydroxyl groups excluding tert-OH is 1. The minimum Gasteiger partial charge on any atom is -0.481 e. The van der Waals surface area contributed by atoms with Crippen LogP contribution in [0.25, 0.3) is 0 Å². The van der Waals surface area contributed by atoms with E-state index in [1.54, 1.807) is 6.92 Å². The Bertz CT molecular complexity index is 2220. The molecule has 0 aromatic carbocycles. The molecule has 0 saturated carbocycles. The number of carbonyl (C=O) groups is 14. The number of unbranched alkanes of at least 4 members (excludes halogenated alkanes) is 2. The summed E-state index contributed by atoms with van der Waals surface area (Å²) in [6.45, 7) is 5.43. The molecule has 0 radical (unpaired) electrons. The first kappa shape index (κ1) is 71.4. The quantitative estimate of drug-likeness (QED) is 0.0254. The lowest BCUT2D eigenvalue weighted by molar-refractivity contribution is -0.144. The molecule has 458 valence electrons. The Hall–Kier alpha value is -7.58. The van der Waals surface area contributed by atoms with Crippen LogP contribution in [0.3, 0.4) is 0 Å². The van der Waals surface area contributed by atoms with Gasteiger partial charge in [0.05, 0.1) is 25.5 Å². The summed E-state index contributed by atoms with van der Waals surface area (Å²) in [4.78, 5) is 183. The molecule has 0 unspecified atom stereocenters. The van der Waals surface area contributed by atoms with Crippen LogP contribution in [-0.2, 0) is 67.1 Å². The predicted octanol–water partition coefficient (Wildman–Crippen LogP) is -6.30. The molecular weight excluding hydrogens is 1070 g/mol. The molecule has 1 fully saturated rings. The average molecular weight is 1160 g/mol. The topological polar surface area (TPSA) is 549 Å². The lowest BCUT2D eigenvalue weighted by atomic mass is 9.96. The maximum atomic E-state index is 14.1. The Morgan fingerprint density at radius 2 is 1.02 bits per heavy atom. The molecule has 1 aliphatic rings. The van der Waals surface area contributed by atoms with Gasteiger partial charge < -0.3 is 96.5 Å². The van der Waals surface area contributed by atoms with E-state index in [0.29, 0.717) is 19.3 Å². The first-order valence-corrected chi connectivity index (χ1v) is 26.8. The molecule has 0 spiro atoms. The smallest absolute Gasteiger partial charge is 0.326 e. The van der Waals surface area contributed by atoms with Crippen LogP contribution in [0, 0.1) is 11.8 Å². The maximum Gasteiger partial charge on any atom is 0.326 e. The summed E-state index contributed by atoms with van der Waals surface area (Å²) in [7, 11) is 0. The van der Waals surface area contributed by atoms with Gasteiger partial charge in [-0.1, -0.05) is 34.1 Å². The zero-order valence-electron chi connectivity index (χ0n) is 46.2. The van der Waals surface area contributed by atoms with E-state index in [1.165, 1.54) is 20.8 Å². The highest BCUT2D eigenvalue weighted by Gasteiger charge is 2.41. The highest BCUT2D eigenvalue weighted by molar-refractivity contribution is 6.00. The highest BCUT2D eigenvalue weighted by Crippen LogP contribution is 2.21. The van der Waals surface area contributed by atoms with Crippen molar-refractivity contribution in [3.8, 4) is 0 Å². The maximum absolute atomic E-state index is 14.1. The molecule has 1 rings (SSSR count). The molecule has 0 bridgehead atoms. The van der Waals surface area contributed by atoms with Gasteiger partial charge in [0.25, 0.3) is 0 Å². The van der Waals surface area contributed by atoms with E-state index in [4.69, 9.17) is 28.7 Å². The van der Waals surface area contributed by atoms with E-state index in [-0.39, 0.29) is 71.0 Å². The Kier molecular flexibility index (Phi) is 32.3. The van der Waals surface area contributed by atoms with Crippen molar-refractivity contribution in [2.45, 2.75) is 184 Å². The number of hydrogen-bond acceptors (Lipinski definition) is 18. The molecule has 11 amide bonds. The Morgan fingerprint density at radius 3 is 1.52 bits per heavy atom. The molecule has 11 atom stereocenters. The van der Waals surface area contributed by atoms with Crippen LogP contribution in [0.1, 0.15) is 124 Å². The molecule has 0 aromatic rings. The molecule has 1 aliphatic heterocycles. The molecule has 81 heavy (non-hydrogen) atoms. The van der Waals surface area contributed by atoms with Gasteiger partial charge in [-0.15, -0.1) is 0 Å². The lowest BCUT2D eigenvalue weighted by Gasteiger charge is -2.31. The van der Waals surface area contributed by atoms with Crippen molar-refractivity contribution in [2.75, 3.05) is 26.2 Å². The third-order valence-electron chi connectivity index (χ3n) is 13.2. The first-order chi connectivity index (χ1) is 38.0. The number of nitrogens with one attached hydrogen (secondary N) is 8. The van der Waals surface area contributed by atoms with Crippen molar-refractivity contribution in [1.82, 2.24) is 47.4 Å². The van der Waals surface area contributed by atoms with Crippen LogP contribution < -0.4 is 71.2 Å². The Balaban J connectivity index is 3.37. The second-order valence-electron chi connectivity index (χ2n) is 20.1. The summed E-state index contributed by atoms with van der Waals surface area (Å²) in [6.07, 6.45) is -1.62. The minimum absolute atomic E-state index is 0.0184. The van der Waals surface area contributed by atoms with Crippen molar-refractivity contribution < 1.29 is 87.5 Å². The molecule has 1 saturated heterocycles. The predicted molar refractivity (Wildman–Crippen MR) is 284 cm³/mol. The number of primary amides is 2. The fraction of sp³-hybridized carbons (Fsp3) is 0.714. The van der Waals surface area contributed by atoms with E-state index >= 15 is 0 Å². The van der Waals surface area contributed by atoms with Crippen molar-refractivity contribution in [1.29, 1.82) is 0 Å². The lowest BCUT2D eigenvalue weighted by Crippen LogP contribution is -2.62. The summed E-state index contributed by atoms with van der Waals surface area (Å²) in [5, 5.41) is 58.2. The fourth-order valence-electron chi connectivity index (χ4n) is 8.32. The third kappa shape index (κ3) is 25.6. The van der Waals surface area contributed by atoms with Gasteiger partial charge in [-0.05, 0) is 89.1 Å². The van der Waals surface area contributed by atoms with Gasteiger partial charge in [0.1, 0.15) is 54.4 Å². The van der Waals surface area contributed by atoms with Gasteiger partial charge in [0.2, 0.25) is 65.0 Å². The van der Waals surface area contributed by atoms with E-state index in [1.807, 2.05) is 0 Å². The number of aliphatic carboxylic acids is 3. The van der Waals surface area contributed by atoms with E-state index in [2.05, 4.69) is 42.5 Å². The van der Waals surface area contributed by atoms with Crippen LogP contribution in [0.15, 0.2) is 0 Å². The number of carboxylic acid groups (broad SMARTS) is 3. The summed E-state index contributed by atoms with van der Waals surface area (Å²) < 4.78 is 0. The molecule has 32 nitrogen and oxygen atoms in total. The zero-order chi connectivity index (χ0) is 61.7. The third-order valence-corrected chi connectivity index (χ3v) is 13.2. The molecule has 0 aliphatic carbocycles. The minimum atomic E-state index is -1.88. The number of hydrogen-bond donors (Lipinski definition) is 17. The molecular formula is C49H84N14O18. The molecule has 1 heterocycles. The SMILES string of the molecule is CC[C@H](C)[C@H](NC(=O)[C@H](CC(=O)O)NC(=O)[C@@H]1CCCN1C(=O)[C@H](CC(N)=O)NC(=O)[C@@H](N)CCC(N)=O)C(=O)N[C@H](C(=O)N[C@@H](CO)C(=O)N[C@@H](CCC(=O)O)C(=O)N[C@@H](CCCCN)C(=O)N[C@@H](CCCCN)C(=O)O)C(C)C. The van der Waals surface area contributed by atoms with E-state index < -0.39 is 187 Å². The van der Waals surface area contributed by atoms with Crippen LogP contribution >= 0.6 is 0 Å². The van der Waals surface area contributed by atoms with Crippen molar-refractivity contribution in [3.63, 3.8) is 0 Å². The number of carbonyl (C=O) groups excluding carboxylic acids is 11. The molecule has 32 heteroatoms. The number of nitrogens with two attached hydrogens (primary N) is 5. The average Bonchev–Trinajstić information content (AvgIpc) is 3.90. The fourth-order valence-corrected chi connectivity index (χ4v) is 8.32. The zero-order valence-corrected chi connectivity index (χ0v) is 46.2. The van der Waals surface area contributed by atoms with E-state index in [0.717, 1.165) is 4.90 Å². The van der Waals surface area contributed by atoms with Gasteiger partial charge in [-0.3, -0.25) is 62.3 Å². The summed E-state index contributed by atoms with van der Waals surface area (Å²) >= 11 is 0. The van der Waals surface area contributed by atoms with Crippen LogP contribution in [0.5, 0.6) is 0 Å². The van der Waals surface area contributed by atoms with Crippen molar-refractivity contribution in [2.24, 2.45) is 40.5 Å². The standard InChI is InChI=1S/C49H84N14O18/c1-5-25(4)39(62-43(74)30(22-37(69)70)58-45(76)33-13-10-20-63(33)48(79)31(21-35(54)66)59-40(71)26(52)14-16-34(53)65)47(78)61-38(24(2)3)46(77)60-32(23-64)44(75)56-28(15-17-36(67)68)42(73)55-27(11-6-8-18-50)41(72)57-29(49(80)81)12-7-9-19-51/h24-33,38-39,64H,5-23,50-52H2,1-4H3,(H2,53,65)(H2,54,66)(H,55,73)(H,56,75)(H,57,72)(H,58,76)(H,59,71)(H,60,77)(H,61,78)(H,62,74)(H,67,68)(H,69,70)(H,80,81)/t25-,26-,27-,28-,29-,30-,31-,32-,33-,38-,39-/m0/s1.